The zero-order valence-electron chi connectivity index (χ0n) is 11.3. The highest BCUT2D eigenvalue weighted by Crippen LogP contribution is 2.31. The zero-order chi connectivity index (χ0) is 13.6. The van der Waals surface area contributed by atoms with Crippen molar-refractivity contribution in [2.75, 3.05) is 13.2 Å². The Morgan fingerprint density at radius 1 is 1.44 bits per heavy atom. The predicted molar refractivity (Wildman–Crippen MR) is 76.4 cm³/mol. The number of hydrogen-bond donors (Lipinski definition) is 2. The standard InChI is InChI=1S/C13H24N2O2S/c1-3-5-10(4-2)15-12(16)13(11(14)18)6-8-17-9-7-13/h10H,3-9H2,1-2H3,(H2,14,18)(H,15,16). The van der Waals surface area contributed by atoms with Gasteiger partial charge < -0.3 is 15.8 Å². The summed E-state index contributed by atoms with van der Waals surface area (Å²) in [6, 6.07) is 0.219. The second-order valence-corrected chi connectivity index (χ2v) is 5.37. The van der Waals surface area contributed by atoms with Crippen LogP contribution in [0.25, 0.3) is 0 Å². The first-order valence-corrected chi connectivity index (χ1v) is 7.16. The van der Waals surface area contributed by atoms with Crippen molar-refractivity contribution in [2.24, 2.45) is 11.1 Å². The van der Waals surface area contributed by atoms with Crippen LogP contribution in [0, 0.1) is 5.41 Å². The average Bonchev–Trinajstić information content (AvgIpc) is 2.38. The number of ether oxygens (including phenoxy) is 1. The maximum Gasteiger partial charge on any atom is 0.233 e. The van der Waals surface area contributed by atoms with Crippen molar-refractivity contribution in [3.8, 4) is 0 Å². The van der Waals surface area contributed by atoms with Crippen LogP contribution < -0.4 is 11.1 Å². The van der Waals surface area contributed by atoms with E-state index >= 15 is 0 Å². The fourth-order valence-corrected chi connectivity index (χ4v) is 2.65. The Bertz CT molecular complexity index is 301. The molecule has 0 aromatic rings. The second kappa shape index (κ2) is 7.04. The van der Waals surface area contributed by atoms with E-state index in [1.807, 2.05) is 0 Å². The van der Waals surface area contributed by atoms with Gasteiger partial charge in [-0.2, -0.15) is 0 Å². The fourth-order valence-electron chi connectivity index (χ4n) is 2.36. The normalized spacial score (nSPS) is 20.1. The number of rotatable bonds is 6. The molecule has 0 saturated carbocycles. The lowest BCUT2D eigenvalue weighted by Gasteiger charge is -2.36. The van der Waals surface area contributed by atoms with Gasteiger partial charge in [0.15, 0.2) is 0 Å². The van der Waals surface area contributed by atoms with E-state index in [9.17, 15) is 4.79 Å². The molecule has 1 unspecified atom stereocenters. The summed E-state index contributed by atoms with van der Waals surface area (Å²) >= 11 is 5.12. The number of nitrogens with one attached hydrogen (secondary N) is 1. The van der Waals surface area contributed by atoms with Crippen LogP contribution in [0.1, 0.15) is 46.0 Å². The van der Waals surface area contributed by atoms with Crippen LogP contribution in [0.15, 0.2) is 0 Å². The van der Waals surface area contributed by atoms with E-state index in [0.717, 1.165) is 19.3 Å². The van der Waals surface area contributed by atoms with Crippen LogP contribution in [-0.2, 0) is 9.53 Å². The number of nitrogens with two attached hydrogens (primary N) is 1. The Labute approximate surface area is 115 Å². The molecular weight excluding hydrogens is 248 g/mol. The first kappa shape index (κ1) is 15.4. The SMILES string of the molecule is CCCC(CC)NC(=O)C1(C(N)=S)CCOCC1. The number of thiocarbonyl (C=S) groups is 1. The molecule has 1 heterocycles. The van der Waals surface area contributed by atoms with Crippen LogP contribution in [0.5, 0.6) is 0 Å². The van der Waals surface area contributed by atoms with E-state index in [4.69, 9.17) is 22.7 Å². The monoisotopic (exact) mass is 272 g/mol. The number of carbonyl (C=O) groups excluding carboxylic acids is 1. The molecule has 0 aromatic heterocycles. The molecule has 104 valence electrons. The number of carbonyl (C=O) groups is 1. The van der Waals surface area contributed by atoms with Gasteiger partial charge in [0.2, 0.25) is 5.91 Å². The maximum absolute atomic E-state index is 12.5. The Morgan fingerprint density at radius 2 is 2.06 bits per heavy atom. The largest absolute Gasteiger partial charge is 0.392 e. The first-order valence-electron chi connectivity index (χ1n) is 6.75. The summed E-state index contributed by atoms with van der Waals surface area (Å²) in [7, 11) is 0. The summed E-state index contributed by atoms with van der Waals surface area (Å²) in [6.07, 6.45) is 4.17. The molecule has 0 radical (unpaired) electrons. The van der Waals surface area contributed by atoms with Gasteiger partial charge >= 0.3 is 0 Å². The molecule has 18 heavy (non-hydrogen) atoms. The van der Waals surface area contributed by atoms with Crippen molar-refractivity contribution in [3.63, 3.8) is 0 Å². The number of hydrogen-bond acceptors (Lipinski definition) is 3. The lowest BCUT2D eigenvalue weighted by molar-refractivity contribution is -0.132. The third-order valence-electron chi connectivity index (χ3n) is 3.72. The van der Waals surface area contributed by atoms with Crippen LogP contribution in [0.4, 0.5) is 0 Å². The lowest BCUT2D eigenvalue weighted by Crippen LogP contribution is -2.54. The van der Waals surface area contributed by atoms with Gasteiger partial charge in [0.25, 0.3) is 0 Å². The van der Waals surface area contributed by atoms with Gasteiger partial charge in [0.05, 0.1) is 4.99 Å². The molecule has 1 amide bonds. The van der Waals surface area contributed by atoms with Gasteiger partial charge in [-0.3, -0.25) is 4.79 Å². The van der Waals surface area contributed by atoms with Crippen LogP contribution in [0.2, 0.25) is 0 Å². The quantitative estimate of drug-likeness (QED) is 0.723. The van der Waals surface area contributed by atoms with E-state index in [1.165, 1.54) is 0 Å². The minimum Gasteiger partial charge on any atom is -0.392 e. The zero-order valence-corrected chi connectivity index (χ0v) is 12.1. The summed E-state index contributed by atoms with van der Waals surface area (Å²) in [5.74, 6) is -0.0152. The summed E-state index contributed by atoms with van der Waals surface area (Å²) < 4.78 is 5.31. The molecule has 3 N–H and O–H groups in total. The van der Waals surface area contributed by atoms with Gasteiger partial charge in [-0.1, -0.05) is 32.5 Å². The van der Waals surface area contributed by atoms with E-state index < -0.39 is 5.41 Å². The van der Waals surface area contributed by atoms with Gasteiger partial charge in [0.1, 0.15) is 5.41 Å². The summed E-state index contributed by atoms with van der Waals surface area (Å²) in [6.45, 7) is 5.30. The fraction of sp³-hybridized carbons (Fsp3) is 0.846. The topological polar surface area (TPSA) is 64.4 Å². The lowest BCUT2D eigenvalue weighted by atomic mass is 9.79. The molecule has 4 nitrogen and oxygen atoms in total. The predicted octanol–water partition coefficient (Wildman–Crippen LogP) is 1.76. The Balaban J connectivity index is 2.73. The van der Waals surface area contributed by atoms with Crippen molar-refractivity contribution in [1.29, 1.82) is 0 Å². The van der Waals surface area contributed by atoms with Crippen molar-refractivity contribution >= 4 is 23.1 Å². The van der Waals surface area contributed by atoms with Gasteiger partial charge in [-0.25, -0.2) is 0 Å². The highest BCUT2D eigenvalue weighted by Gasteiger charge is 2.43. The number of amides is 1. The van der Waals surface area contributed by atoms with Crippen LogP contribution in [-0.4, -0.2) is 30.2 Å². The maximum atomic E-state index is 12.5. The Hall–Kier alpha value is -0.680. The summed E-state index contributed by atoms with van der Waals surface area (Å²) in [5, 5.41) is 3.10. The van der Waals surface area contributed by atoms with Gasteiger partial charge in [-0.15, -0.1) is 0 Å². The van der Waals surface area contributed by atoms with E-state index in [2.05, 4.69) is 19.2 Å². The van der Waals surface area contributed by atoms with Gasteiger partial charge in [-0.05, 0) is 25.7 Å². The summed E-state index contributed by atoms with van der Waals surface area (Å²) in [5.41, 5.74) is 5.11. The third kappa shape index (κ3) is 3.42. The molecule has 1 rings (SSSR count). The molecule has 1 aliphatic heterocycles. The summed E-state index contributed by atoms with van der Waals surface area (Å²) in [4.78, 5) is 12.8. The average molecular weight is 272 g/mol. The highest BCUT2D eigenvalue weighted by molar-refractivity contribution is 7.80. The molecule has 1 fully saturated rings. The van der Waals surface area contributed by atoms with Crippen molar-refractivity contribution < 1.29 is 9.53 Å². The Kier molecular flexibility index (Phi) is 6.02. The smallest absolute Gasteiger partial charge is 0.233 e. The molecule has 0 aliphatic carbocycles. The second-order valence-electron chi connectivity index (χ2n) is 4.93. The molecular formula is C13H24N2O2S. The van der Waals surface area contributed by atoms with Crippen molar-refractivity contribution in [1.82, 2.24) is 5.32 Å². The first-order chi connectivity index (χ1) is 8.56. The van der Waals surface area contributed by atoms with Gasteiger partial charge in [0, 0.05) is 19.3 Å². The van der Waals surface area contributed by atoms with E-state index in [-0.39, 0.29) is 11.9 Å². The minimum atomic E-state index is -0.700. The molecule has 1 saturated heterocycles. The van der Waals surface area contributed by atoms with Crippen LogP contribution in [0.3, 0.4) is 0 Å². The molecule has 0 spiro atoms. The van der Waals surface area contributed by atoms with E-state index in [1.54, 1.807) is 0 Å². The Morgan fingerprint density at radius 3 is 2.50 bits per heavy atom. The molecule has 1 aliphatic rings. The van der Waals surface area contributed by atoms with E-state index in [0.29, 0.717) is 31.0 Å². The molecule has 5 heteroatoms. The van der Waals surface area contributed by atoms with Crippen LogP contribution >= 0.6 is 12.2 Å². The minimum absolute atomic E-state index is 0.0152. The molecule has 0 bridgehead atoms. The highest BCUT2D eigenvalue weighted by atomic mass is 32.1. The molecule has 1 atom stereocenters. The third-order valence-corrected chi connectivity index (χ3v) is 4.11. The van der Waals surface area contributed by atoms with Crippen molar-refractivity contribution in [2.45, 2.75) is 52.0 Å². The van der Waals surface area contributed by atoms with Crippen molar-refractivity contribution in [3.05, 3.63) is 0 Å². The molecule has 0 aromatic carbocycles.